The second-order valence-electron chi connectivity index (χ2n) is 3.26. The van der Waals surface area contributed by atoms with E-state index in [0.29, 0.717) is 15.9 Å². The number of rotatable bonds is 1. The maximum atomic E-state index is 10.8. The van der Waals surface area contributed by atoms with Gasteiger partial charge in [-0.15, -0.1) is 0 Å². The van der Waals surface area contributed by atoms with Gasteiger partial charge in [-0.2, -0.15) is 0 Å². The maximum Gasteiger partial charge on any atom is 0.200 e. The Kier molecular flexibility index (Phi) is 2.25. The zero-order valence-corrected chi connectivity index (χ0v) is 8.21. The van der Waals surface area contributed by atoms with Crippen molar-refractivity contribution in [1.29, 1.82) is 0 Å². The summed E-state index contributed by atoms with van der Waals surface area (Å²) in [5, 5.41) is 21.2. The van der Waals surface area contributed by atoms with Gasteiger partial charge in [-0.3, -0.25) is 0 Å². The molecule has 0 aliphatic heterocycles. The third-order valence-corrected chi connectivity index (χ3v) is 2.03. The van der Waals surface area contributed by atoms with Gasteiger partial charge in [0.1, 0.15) is 24.0 Å². The van der Waals surface area contributed by atoms with Crippen molar-refractivity contribution in [3.8, 4) is 5.75 Å². The lowest BCUT2D eigenvalue weighted by atomic mass is 10.2. The predicted molar refractivity (Wildman–Crippen MR) is 58.1 cm³/mol. The summed E-state index contributed by atoms with van der Waals surface area (Å²) in [6.07, 6.45) is 1.35. The van der Waals surface area contributed by atoms with Crippen LogP contribution in [0.1, 0.15) is 5.69 Å². The standard InChI is InChI=1S/C11H10N2O2/c1-13(15)7-9-6-5-8-3-2-4-10(14)11(8)12-9/h2-7,14H,1H3/b13-7-. The van der Waals surface area contributed by atoms with E-state index in [1.54, 1.807) is 18.2 Å². The molecule has 0 spiro atoms. The van der Waals surface area contributed by atoms with Crippen molar-refractivity contribution in [1.82, 2.24) is 4.98 Å². The first kappa shape index (κ1) is 9.45. The predicted octanol–water partition coefficient (Wildman–Crippen LogP) is 1.50. The number of hydroxylamine groups is 1. The zero-order chi connectivity index (χ0) is 10.8. The molecule has 2 rings (SSSR count). The Balaban J connectivity index is 2.65. The number of hydrogen-bond donors (Lipinski definition) is 1. The first-order valence-electron chi connectivity index (χ1n) is 4.50. The molecule has 4 heteroatoms. The highest BCUT2D eigenvalue weighted by Crippen LogP contribution is 2.21. The largest absolute Gasteiger partial charge is 0.624 e. The number of para-hydroxylation sites is 1. The first-order chi connectivity index (χ1) is 7.16. The molecule has 1 aromatic heterocycles. The molecule has 1 heterocycles. The average Bonchev–Trinajstić information content (AvgIpc) is 2.18. The molecule has 0 aliphatic carbocycles. The molecule has 0 saturated heterocycles. The zero-order valence-electron chi connectivity index (χ0n) is 8.21. The Hall–Kier alpha value is -2.10. The lowest BCUT2D eigenvalue weighted by Gasteiger charge is -2.00. The smallest absolute Gasteiger partial charge is 0.200 e. The summed E-state index contributed by atoms with van der Waals surface area (Å²) in [4.78, 5) is 4.17. The van der Waals surface area contributed by atoms with Gasteiger partial charge in [-0.05, 0) is 12.1 Å². The fraction of sp³-hybridized carbons (Fsp3) is 0.0909. The van der Waals surface area contributed by atoms with Crippen LogP contribution in [-0.2, 0) is 0 Å². The lowest BCUT2D eigenvalue weighted by molar-refractivity contribution is -0.416. The highest BCUT2D eigenvalue weighted by atomic mass is 16.5. The van der Waals surface area contributed by atoms with Crippen LogP contribution in [0.4, 0.5) is 0 Å². The molecule has 0 atom stereocenters. The highest BCUT2D eigenvalue weighted by Gasteiger charge is 2.02. The van der Waals surface area contributed by atoms with E-state index < -0.39 is 0 Å². The van der Waals surface area contributed by atoms with Crippen LogP contribution >= 0.6 is 0 Å². The summed E-state index contributed by atoms with van der Waals surface area (Å²) >= 11 is 0. The minimum atomic E-state index is 0.122. The summed E-state index contributed by atoms with van der Waals surface area (Å²) in [5.74, 6) is 0.122. The summed E-state index contributed by atoms with van der Waals surface area (Å²) in [6.45, 7) is 0. The van der Waals surface area contributed by atoms with Gasteiger partial charge in [0.25, 0.3) is 0 Å². The minimum Gasteiger partial charge on any atom is -0.624 e. The van der Waals surface area contributed by atoms with E-state index in [4.69, 9.17) is 0 Å². The van der Waals surface area contributed by atoms with E-state index in [2.05, 4.69) is 4.98 Å². The van der Waals surface area contributed by atoms with Gasteiger partial charge >= 0.3 is 0 Å². The van der Waals surface area contributed by atoms with Crippen molar-refractivity contribution < 1.29 is 9.85 Å². The van der Waals surface area contributed by atoms with Crippen molar-refractivity contribution in [3.05, 3.63) is 41.2 Å². The number of phenols is 1. The third kappa shape index (κ3) is 1.88. The Labute approximate surface area is 86.7 Å². The van der Waals surface area contributed by atoms with E-state index >= 15 is 0 Å². The van der Waals surface area contributed by atoms with Gasteiger partial charge in [-0.25, -0.2) is 9.72 Å². The normalized spacial score (nSPS) is 11.9. The third-order valence-electron chi connectivity index (χ3n) is 2.03. The fourth-order valence-corrected chi connectivity index (χ4v) is 1.40. The summed E-state index contributed by atoms with van der Waals surface area (Å²) in [6, 6.07) is 8.72. The van der Waals surface area contributed by atoms with Crippen LogP contribution in [0.15, 0.2) is 30.3 Å². The minimum absolute atomic E-state index is 0.122. The summed E-state index contributed by atoms with van der Waals surface area (Å²) < 4.78 is 0.675. The SMILES string of the molecule is C/[N+]([O-])=C/c1ccc2cccc(O)c2n1. The van der Waals surface area contributed by atoms with Gasteiger partial charge in [0.05, 0.1) is 0 Å². The van der Waals surface area contributed by atoms with E-state index in [-0.39, 0.29) is 5.75 Å². The van der Waals surface area contributed by atoms with Crippen molar-refractivity contribution in [2.75, 3.05) is 7.05 Å². The van der Waals surface area contributed by atoms with Crippen LogP contribution in [0.5, 0.6) is 5.75 Å². The summed E-state index contributed by atoms with van der Waals surface area (Å²) in [7, 11) is 1.39. The highest BCUT2D eigenvalue weighted by molar-refractivity contribution is 5.87. The Morgan fingerprint density at radius 2 is 2.13 bits per heavy atom. The average molecular weight is 202 g/mol. The van der Waals surface area contributed by atoms with E-state index in [9.17, 15) is 10.3 Å². The van der Waals surface area contributed by atoms with Crippen LogP contribution < -0.4 is 0 Å². The van der Waals surface area contributed by atoms with Gasteiger partial charge in [0.2, 0.25) is 0 Å². The molecule has 4 nitrogen and oxygen atoms in total. The number of benzene rings is 1. The van der Waals surface area contributed by atoms with Crippen LogP contribution in [0.3, 0.4) is 0 Å². The molecule has 0 aliphatic rings. The van der Waals surface area contributed by atoms with Crippen LogP contribution in [0, 0.1) is 5.21 Å². The number of nitrogens with zero attached hydrogens (tertiary/aromatic N) is 2. The second-order valence-corrected chi connectivity index (χ2v) is 3.26. The number of aromatic nitrogens is 1. The quantitative estimate of drug-likeness (QED) is 0.330. The number of fused-ring (bicyclic) bond motifs is 1. The Morgan fingerprint density at radius 3 is 2.87 bits per heavy atom. The molecule has 2 aromatic rings. The molecule has 0 saturated carbocycles. The second kappa shape index (κ2) is 3.57. The van der Waals surface area contributed by atoms with E-state index in [1.165, 1.54) is 13.3 Å². The number of phenolic OH excluding ortho intramolecular Hbond substituents is 1. The van der Waals surface area contributed by atoms with Crippen LogP contribution in [0.25, 0.3) is 10.9 Å². The lowest BCUT2D eigenvalue weighted by Crippen LogP contribution is -1.99. The van der Waals surface area contributed by atoms with Crippen LogP contribution in [0.2, 0.25) is 0 Å². The van der Waals surface area contributed by atoms with Gasteiger partial charge in [0.15, 0.2) is 6.21 Å². The molecule has 0 radical (unpaired) electrons. The van der Waals surface area contributed by atoms with Gasteiger partial charge < -0.3 is 10.3 Å². The fourth-order valence-electron chi connectivity index (χ4n) is 1.40. The molecule has 1 N–H and O–H groups in total. The van der Waals surface area contributed by atoms with Crippen molar-refractivity contribution >= 4 is 17.1 Å². The molecule has 0 amide bonds. The van der Waals surface area contributed by atoms with Crippen molar-refractivity contribution in [2.24, 2.45) is 0 Å². The molecule has 76 valence electrons. The Bertz CT molecular complexity index is 531. The molecule has 0 bridgehead atoms. The molecular weight excluding hydrogens is 192 g/mol. The topological polar surface area (TPSA) is 59.2 Å². The van der Waals surface area contributed by atoms with Crippen LogP contribution in [-0.4, -0.2) is 28.1 Å². The first-order valence-corrected chi connectivity index (χ1v) is 4.50. The molecule has 0 unspecified atom stereocenters. The van der Waals surface area contributed by atoms with Crippen molar-refractivity contribution in [3.63, 3.8) is 0 Å². The summed E-state index contributed by atoms with van der Waals surface area (Å²) in [5.41, 5.74) is 1.04. The van der Waals surface area contributed by atoms with Gasteiger partial charge in [0, 0.05) is 5.39 Å². The molecular formula is C11H10N2O2. The Morgan fingerprint density at radius 1 is 1.33 bits per heavy atom. The molecule has 0 fully saturated rings. The van der Waals surface area contributed by atoms with E-state index in [1.807, 2.05) is 12.1 Å². The van der Waals surface area contributed by atoms with Crippen molar-refractivity contribution in [2.45, 2.75) is 0 Å². The number of aromatic hydroxyl groups is 1. The molecule has 1 aromatic carbocycles. The number of pyridine rings is 1. The molecule has 15 heavy (non-hydrogen) atoms. The van der Waals surface area contributed by atoms with E-state index in [0.717, 1.165) is 5.39 Å². The monoisotopic (exact) mass is 202 g/mol. The van der Waals surface area contributed by atoms with Gasteiger partial charge in [-0.1, -0.05) is 18.2 Å². The maximum absolute atomic E-state index is 10.8. The number of hydrogen-bond acceptors (Lipinski definition) is 3.